The molecule has 0 bridgehead atoms. The molecule has 0 amide bonds. The molecule has 0 saturated carbocycles. The minimum atomic E-state index is 0. The number of nitrogens with zero attached hydrogens (tertiary/aromatic N) is 1. The van der Waals surface area contributed by atoms with Gasteiger partial charge in [-0.1, -0.05) is 18.2 Å². The van der Waals surface area contributed by atoms with Crippen LogP contribution in [0.2, 0.25) is 0 Å². The van der Waals surface area contributed by atoms with E-state index in [1.165, 1.54) is 0 Å². The monoisotopic (exact) mass is 277 g/mol. The van der Waals surface area contributed by atoms with E-state index in [-0.39, 0.29) is 17.0 Å². The summed E-state index contributed by atoms with van der Waals surface area (Å²) in [5.41, 5.74) is 1.06. The van der Waals surface area contributed by atoms with Gasteiger partial charge in [0.05, 0.1) is 0 Å². The molecule has 82 valence electrons. The summed E-state index contributed by atoms with van der Waals surface area (Å²) in [4.78, 5) is 0. The highest BCUT2D eigenvalue weighted by atomic mass is 79.9. The Kier molecular flexibility index (Phi) is 4.73. The van der Waals surface area contributed by atoms with E-state index in [1.54, 1.807) is 12.1 Å². The molecule has 1 aromatic heterocycles. The summed E-state index contributed by atoms with van der Waals surface area (Å²) in [6.45, 7) is 0. The molecule has 16 heavy (non-hydrogen) atoms. The highest BCUT2D eigenvalue weighted by Gasteiger charge is 1.91. The van der Waals surface area contributed by atoms with Crippen LogP contribution in [0.25, 0.3) is 12.3 Å². The average molecular weight is 278 g/mol. The van der Waals surface area contributed by atoms with Crippen molar-refractivity contribution in [2.45, 2.75) is 0 Å². The molecule has 0 fully saturated rings. The number of phenolic OH excluding ortho intramolecular Hbond substituents is 1. The van der Waals surface area contributed by atoms with Gasteiger partial charge in [-0.3, -0.25) is 0 Å². The summed E-state index contributed by atoms with van der Waals surface area (Å²) in [6, 6.07) is 13.0. The van der Waals surface area contributed by atoms with Crippen molar-refractivity contribution in [2.24, 2.45) is 0 Å². The van der Waals surface area contributed by atoms with Gasteiger partial charge in [0.1, 0.15) is 5.75 Å². The van der Waals surface area contributed by atoms with E-state index in [2.05, 4.69) is 0 Å². The Morgan fingerprint density at radius 3 is 2.19 bits per heavy atom. The molecule has 0 aliphatic rings. The van der Waals surface area contributed by atoms with Gasteiger partial charge in [0.25, 0.3) is 0 Å². The standard InChI is InChI=1S/C13H11NO.BrH/c15-13-6-4-12(5-7-13)8-11-14-9-2-1-3-10-14;/h1-11H;1H. The maximum Gasteiger partial charge on any atom is 0.175 e. The van der Waals surface area contributed by atoms with Crippen LogP contribution in [0.15, 0.2) is 54.9 Å². The van der Waals surface area contributed by atoms with Gasteiger partial charge in [-0.25, -0.2) is 0 Å². The topological polar surface area (TPSA) is 24.1 Å². The van der Waals surface area contributed by atoms with Crippen LogP contribution in [0.3, 0.4) is 0 Å². The van der Waals surface area contributed by atoms with Crippen molar-refractivity contribution in [3.8, 4) is 5.75 Å². The van der Waals surface area contributed by atoms with Crippen molar-refractivity contribution in [3.05, 3.63) is 60.4 Å². The number of hydrogen-bond acceptors (Lipinski definition) is 1. The lowest BCUT2D eigenvalue weighted by Gasteiger charge is -1.92. The smallest absolute Gasteiger partial charge is 0.175 e. The van der Waals surface area contributed by atoms with Crippen LogP contribution in [0.5, 0.6) is 5.75 Å². The van der Waals surface area contributed by atoms with Gasteiger partial charge in [-0.2, -0.15) is 4.57 Å². The second kappa shape index (κ2) is 6.08. The summed E-state index contributed by atoms with van der Waals surface area (Å²) in [6.07, 6.45) is 7.89. The molecule has 2 nitrogen and oxygen atoms in total. The van der Waals surface area contributed by atoms with Gasteiger partial charge in [-0.05, 0) is 17.7 Å². The molecule has 1 aromatic carbocycles. The Labute approximate surface area is 105 Å². The van der Waals surface area contributed by atoms with Gasteiger partial charge < -0.3 is 22.1 Å². The first-order chi connectivity index (χ1) is 7.34. The second-order valence-corrected chi connectivity index (χ2v) is 3.23. The van der Waals surface area contributed by atoms with Crippen molar-refractivity contribution in [2.75, 3.05) is 0 Å². The van der Waals surface area contributed by atoms with E-state index < -0.39 is 0 Å². The minimum Gasteiger partial charge on any atom is -1.00 e. The molecular weight excluding hydrogens is 266 g/mol. The molecular formula is C13H12BrNO. The van der Waals surface area contributed by atoms with Crippen LogP contribution in [0, 0.1) is 0 Å². The van der Waals surface area contributed by atoms with E-state index in [0.717, 1.165) is 5.56 Å². The van der Waals surface area contributed by atoms with E-state index in [9.17, 15) is 0 Å². The second-order valence-electron chi connectivity index (χ2n) is 3.23. The minimum absolute atomic E-state index is 0. The van der Waals surface area contributed by atoms with E-state index >= 15 is 0 Å². The zero-order valence-electron chi connectivity index (χ0n) is 8.62. The van der Waals surface area contributed by atoms with E-state index in [0.29, 0.717) is 5.75 Å². The lowest BCUT2D eigenvalue weighted by Crippen LogP contribution is -3.00. The highest BCUT2D eigenvalue weighted by molar-refractivity contribution is 5.57. The maximum atomic E-state index is 9.11. The number of aromatic nitrogens is 1. The predicted molar refractivity (Wildman–Crippen MR) is 60.0 cm³/mol. The van der Waals surface area contributed by atoms with Crippen molar-refractivity contribution < 1.29 is 26.7 Å². The fourth-order valence-corrected chi connectivity index (χ4v) is 1.27. The zero-order valence-corrected chi connectivity index (χ0v) is 10.2. The number of halogens is 1. The quantitative estimate of drug-likeness (QED) is 0.723. The van der Waals surface area contributed by atoms with Crippen molar-refractivity contribution in [1.82, 2.24) is 0 Å². The molecule has 1 N–H and O–H groups in total. The lowest BCUT2D eigenvalue weighted by atomic mass is 10.2. The molecule has 3 heteroatoms. The predicted octanol–water partition coefficient (Wildman–Crippen LogP) is -0.688. The van der Waals surface area contributed by atoms with Crippen LogP contribution < -0.4 is 21.5 Å². The molecule has 0 aliphatic carbocycles. The summed E-state index contributed by atoms with van der Waals surface area (Å²) in [7, 11) is 0. The number of pyridine rings is 1. The molecule has 0 spiro atoms. The van der Waals surface area contributed by atoms with Crippen molar-refractivity contribution in [3.63, 3.8) is 0 Å². The molecule has 0 saturated heterocycles. The van der Waals surface area contributed by atoms with Gasteiger partial charge >= 0.3 is 0 Å². The van der Waals surface area contributed by atoms with Crippen LogP contribution in [-0.4, -0.2) is 5.11 Å². The van der Waals surface area contributed by atoms with Crippen LogP contribution in [0.1, 0.15) is 5.56 Å². The maximum absolute atomic E-state index is 9.11. The normalized spacial score (nSPS) is 10.0. The van der Waals surface area contributed by atoms with Gasteiger partial charge in [0, 0.05) is 18.2 Å². The molecule has 2 rings (SSSR count). The number of rotatable bonds is 2. The molecule has 0 radical (unpaired) electrons. The van der Waals surface area contributed by atoms with Crippen molar-refractivity contribution in [1.29, 1.82) is 0 Å². The van der Waals surface area contributed by atoms with Crippen LogP contribution in [-0.2, 0) is 0 Å². The zero-order chi connectivity index (χ0) is 10.5. The van der Waals surface area contributed by atoms with Crippen LogP contribution in [0.4, 0.5) is 0 Å². The first-order valence-corrected chi connectivity index (χ1v) is 4.77. The molecule has 0 atom stereocenters. The number of aromatic hydroxyl groups is 1. The molecule has 0 aliphatic heterocycles. The Morgan fingerprint density at radius 1 is 0.938 bits per heavy atom. The third-order valence-corrected chi connectivity index (χ3v) is 2.07. The Bertz CT molecular complexity index is 451. The van der Waals surface area contributed by atoms with Crippen LogP contribution >= 0.6 is 0 Å². The molecule has 2 aromatic rings. The number of hydrogen-bond donors (Lipinski definition) is 1. The number of benzene rings is 1. The summed E-state index contributed by atoms with van der Waals surface area (Å²) < 4.78 is 1.97. The largest absolute Gasteiger partial charge is 1.00 e. The Balaban J connectivity index is 0.00000128. The highest BCUT2D eigenvalue weighted by Crippen LogP contribution is 2.10. The Morgan fingerprint density at radius 2 is 1.56 bits per heavy atom. The van der Waals surface area contributed by atoms with Gasteiger partial charge in [0.2, 0.25) is 0 Å². The van der Waals surface area contributed by atoms with E-state index in [1.807, 2.05) is 59.6 Å². The van der Waals surface area contributed by atoms with Gasteiger partial charge in [-0.15, -0.1) is 0 Å². The van der Waals surface area contributed by atoms with Crippen molar-refractivity contribution >= 4 is 12.3 Å². The SMILES string of the molecule is Oc1ccc(C=C[n+]2ccccc2)cc1.[Br-]. The fourth-order valence-electron chi connectivity index (χ4n) is 1.27. The van der Waals surface area contributed by atoms with Gasteiger partial charge in [0.15, 0.2) is 18.6 Å². The molecule has 1 heterocycles. The third kappa shape index (κ3) is 3.51. The average Bonchev–Trinajstić information content (AvgIpc) is 2.30. The lowest BCUT2D eigenvalue weighted by molar-refractivity contribution is -0.567. The molecule has 0 unspecified atom stereocenters. The summed E-state index contributed by atoms with van der Waals surface area (Å²) >= 11 is 0. The summed E-state index contributed by atoms with van der Waals surface area (Å²) in [5.74, 6) is 0.291. The Hall–Kier alpha value is -1.61. The number of phenols is 1. The first-order valence-electron chi connectivity index (χ1n) is 4.77. The van der Waals surface area contributed by atoms with E-state index in [4.69, 9.17) is 5.11 Å². The first kappa shape index (κ1) is 12.5. The summed E-state index contributed by atoms with van der Waals surface area (Å²) in [5, 5.41) is 9.11. The fraction of sp³-hybridized carbons (Fsp3) is 0. The third-order valence-electron chi connectivity index (χ3n) is 2.07.